The van der Waals surface area contributed by atoms with Crippen molar-refractivity contribution in [3.05, 3.63) is 47.6 Å². The molecule has 0 aromatic carbocycles. The van der Waals surface area contributed by atoms with Gasteiger partial charge in [0.25, 0.3) is 0 Å². The first-order chi connectivity index (χ1) is 12.2. The Hall–Kier alpha value is -2.96. The molecule has 0 fully saturated rings. The monoisotopic (exact) mass is 337 g/mol. The molecule has 0 saturated carbocycles. The molecule has 7 nitrogen and oxygen atoms in total. The SMILES string of the molecule is CCCn1nc2c(c1C)C(c1cnc(-c3ccco3)nc1)CC(=O)N2. The van der Waals surface area contributed by atoms with Gasteiger partial charge in [0.05, 0.1) is 6.26 Å². The first-order valence-electron chi connectivity index (χ1n) is 8.40. The zero-order valence-electron chi connectivity index (χ0n) is 14.2. The van der Waals surface area contributed by atoms with Crippen molar-refractivity contribution in [3.63, 3.8) is 0 Å². The molecule has 0 bridgehead atoms. The van der Waals surface area contributed by atoms with Gasteiger partial charge >= 0.3 is 0 Å². The number of carbonyl (C=O) groups is 1. The lowest BCUT2D eigenvalue weighted by atomic mass is 9.87. The van der Waals surface area contributed by atoms with Crippen molar-refractivity contribution in [2.45, 2.75) is 39.2 Å². The lowest BCUT2D eigenvalue weighted by molar-refractivity contribution is -0.116. The van der Waals surface area contributed by atoms with E-state index in [0.29, 0.717) is 23.8 Å². The molecule has 4 rings (SSSR count). The second kappa shape index (κ2) is 6.16. The van der Waals surface area contributed by atoms with Crippen molar-refractivity contribution >= 4 is 11.7 Å². The third kappa shape index (κ3) is 2.71. The van der Waals surface area contributed by atoms with Crippen LogP contribution in [-0.2, 0) is 11.3 Å². The fraction of sp³-hybridized carbons (Fsp3) is 0.333. The van der Waals surface area contributed by atoms with Gasteiger partial charge in [-0.25, -0.2) is 9.97 Å². The number of hydrogen-bond donors (Lipinski definition) is 1. The number of anilines is 1. The Morgan fingerprint density at radius 1 is 1.36 bits per heavy atom. The molecule has 0 aliphatic carbocycles. The molecule has 3 aromatic rings. The minimum atomic E-state index is -0.0833. The van der Waals surface area contributed by atoms with Crippen LogP contribution in [-0.4, -0.2) is 25.7 Å². The van der Waals surface area contributed by atoms with Crippen molar-refractivity contribution in [1.29, 1.82) is 0 Å². The van der Waals surface area contributed by atoms with Gasteiger partial charge < -0.3 is 9.73 Å². The first kappa shape index (κ1) is 15.6. The molecule has 25 heavy (non-hydrogen) atoms. The summed E-state index contributed by atoms with van der Waals surface area (Å²) in [4.78, 5) is 20.9. The van der Waals surface area contributed by atoms with Gasteiger partial charge in [0, 0.05) is 42.5 Å². The van der Waals surface area contributed by atoms with E-state index in [2.05, 4.69) is 27.3 Å². The second-order valence-electron chi connectivity index (χ2n) is 6.19. The molecule has 1 aliphatic heterocycles. The smallest absolute Gasteiger partial charge is 0.226 e. The second-order valence-corrected chi connectivity index (χ2v) is 6.19. The Morgan fingerprint density at radius 2 is 2.16 bits per heavy atom. The van der Waals surface area contributed by atoms with Crippen molar-refractivity contribution in [3.8, 4) is 11.6 Å². The summed E-state index contributed by atoms with van der Waals surface area (Å²) < 4.78 is 7.28. The zero-order chi connectivity index (χ0) is 17.4. The third-order valence-electron chi connectivity index (χ3n) is 4.50. The van der Waals surface area contributed by atoms with Crippen LogP contribution in [0.25, 0.3) is 11.6 Å². The summed E-state index contributed by atoms with van der Waals surface area (Å²) in [6, 6.07) is 3.62. The van der Waals surface area contributed by atoms with Crippen LogP contribution in [0.2, 0.25) is 0 Å². The normalized spacial score (nSPS) is 16.6. The molecular weight excluding hydrogens is 318 g/mol. The van der Waals surface area contributed by atoms with Gasteiger partial charge in [0.2, 0.25) is 5.91 Å². The molecule has 0 saturated heterocycles. The Labute approximate surface area is 145 Å². The highest BCUT2D eigenvalue weighted by molar-refractivity contribution is 5.94. The molecule has 4 heterocycles. The van der Waals surface area contributed by atoms with E-state index >= 15 is 0 Å². The van der Waals surface area contributed by atoms with Gasteiger partial charge in [0.15, 0.2) is 17.4 Å². The van der Waals surface area contributed by atoms with Crippen LogP contribution >= 0.6 is 0 Å². The van der Waals surface area contributed by atoms with Gasteiger partial charge in [-0.3, -0.25) is 9.48 Å². The summed E-state index contributed by atoms with van der Waals surface area (Å²) in [7, 11) is 0. The molecule has 1 atom stereocenters. The van der Waals surface area contributed by atoms with Gasteiger partial charge in [-0.2, -0.15) is 5.10 Å². The van der Waals surface area contributed by atoms with Gasteiger partial charge in [-0.05, 0) is 31.0 Å². The van der Waals surface area contributed by atoms with Crippen molar-refractivity contribution in [1.82, 2.24) is 19.7 Å². The molecule has 1 unspecified atom stereocenters. The van der Waals surface area contributed by atoms with E-state index in [9.17, 15) is 4.79 Å². The van der Waals surface area contributed by atoms with Gasteiger partial charge in [-0.15, -0.1) is 0 Å². The van der Waals surface area contributed by atoms with E-state index in [-0.39, 0.29) is 11.8 Å². The maximum atomic E-state index is 12.1. The van der Waals surface area contributed by atoms with E-state index in [1.807, 2.05) is 17.7 Å². The number of carbonyl (C=O) groups excluding carboxylic acids is 1. The summed E-state index contributed by atoms with van der Waals surface area (Å²) in [5.74, 6) is 1.70. The van der Waals surface area contributed by atoms with Crippen LogP contribution < -0.4 is 5.32 Å². The van der Waals surface area contributed by atoms with E-state index in [4.69, 9.17) is 4.42 Å². The molecule has 1 aliphatic rings. The lowest BCUT2D eigenvalue weighted by Crippen LogP contribution is -2.23. The fourth-order valence-electron chi connectivity index (χ4n) is 3.31. The number of hydrogen-bond acceptors (Lipinski definition) is 5. The number of nitrogens with one attached hydrogen (secondary N) is 1. The number of rotatable bonds is 4. The summed E-state index contributed by atoms with van der Waals surface area (Å²) in [6.07, 6.45) is 6.49. The summed E-state index contributed by atoms with van der Waals surface area (Å²) >= 11 is 0. The van der Waals surface area contributed by atoms with Gasteiger partial charge in [-0.1, -0.05) is 6.92 Å². The molecular formula is C18H19N5O2. The maximum absolute atomic E-state index is 12.1. The summed E-state index contributed by atoms with van der Waals surface area (Å²) in [5.41, 5.74) is 3.05. The van der Waals surface area contributed by atoms with Crippen LogP contribution in [0.4, 0.5) is 5.82 Å². The van der Waals surface area contributed by atoms with E-state index in [1.165, 1.54) is 0 Å². The predicted molar refractivity (Wildman–Crippen MR) is 92.1 cm³/mol. The summed E-state index contributed by atoms with van der Waals surface area (Å²) in [6.45, 7) is 4.98. The zero-order valence-corrected chi connectivity index (χ0v) is 14.2. The maximum Gasteiger partial charge on any atom is 0.226 e. The van der Waals surface area contributed by atoms with E-state index in [1.54, 1.807) is 24.7 Å². The van der Waals surface area contributed by atoms with Crippen LogP contribution in [0.5, 0.6) is 0 Å². The quantitative estimate of drug-likeness (QED) is 0.790. The average molecular weight is 337 g/mol. The van der Waals surface area contributed by atoms with E-state index in [0.717, 1.165) is 29.8 Å². The van der Waals surface area contributed by atoms with Crippen LogP contribution in [0, 0.1) is 6.92 Å². The fourth-order valence-corrected chi connectivity index (χ4v) is 3.31. The van der Waals surface area contributed by atoms with Gasteiger partial charge in [0.1, 0.15) is 0 Å². The molecule has 1 amide bonds. The van der Waals surface area contributed by atoms with Crippen molar-refractivity contribution in [2.24, 2.45) is 0 Å². The Balaban J connectivity index is 1.72. The lowest BCUT2D eigenvalue weighted by Gasteiger charge is -2.22. The Morgan fingerprint density at radius 3 is 2.84 bits per heavy atom. The highest BCUT2D eigenvalue weighted by Gasteiger charge is 2.32. The highest BCUT2D eigenvalue weighted by atomic mass is 16.3. The Kier molecular flexibility index (Phi) is 3.83. The molecule has 128 valence electrons. The number of fused-ring (bicyclic) bond motifs is 1. The predicted octanol–water partition coefficient (Wildman–Crippen LogP) is 3.13. The third-order valence-corrected chi connectivity index (χ3v) is 4.50. The average Bonchev–Trinajstić information content (AvgIpc) is 3.24. The Bertz CT molecular complexity index is 896. The molecule has 1 N–H and O–H groups in total. The van der Waals surface area contributed by atoms with Crippen LogP contribution in [0.15, 0.2) is 35.2 Å². The molecule has 3 aromatic heterocycles. The number of aryl methyl sites for hydroxylation is 1. The summed E-state index contributed by atoms with van der Waals surface area (Å²) in [5, 5.41) is 7.44. The van der Waals surface area contributed by atoms with Crippen molar-refractivity contribution < 1.29 is 9.21 Å². The van der Waals surface area contributed by atoms with Crippen LogP contribution in [0.1, 0.15) is 42.5 Å². The highest BCUT2D eigenvalue weighted by Crippen LogP contribution is 2.38. The molecule has 0 spiro atoms. The largest absolute Gasteiger partial charge is 0.461 e. The molecule has 0 radical (unpaired) electrons. The number of nitrogens with zero attached hydrogens (tertiary/aromatic N) is 4. The number of furan rings is 1. The minimum absolute atomic E-state index is 0.0336. The standard InChI is InChI=1S/C18H19N5O2/c1-3-6-23-11(2)16-13(8-15(24)21-18(16)22-23)12-9-19-17(20-10-12)14-5-4-7-25-14/h4-5,7,9-10,13H,3,6,8H2,1-2H3,(H,21,22,24). The number of amides is 1. The van der Waals surface area contributed by atoms with Crippen LogP contribution in [0.3, 0.4) is 0 Å². The van der Waals surface area contributed by atoms with E-state index < -0.39 is 0 Å². The van der Waals surface area contributed by atoms with Crippen molar-refractivity contribution in [2.75, 3.05) is 5.32 Å². The number of aromatic nitrogens is 4. The molecule has 7 heteroatoms. The topological polar surface area (TPSA) is 85.8 Å². The first-order valence-corrected chi connectivity index (χ1v) is 8.40. The minimum Gasteiger partial charge on any atom is -0.461 e.